The molecule has 0 atom stereocenters. The maximum Gasteiger partial charge on any atom is 0.408 e. The summed E-state index contributed by atoms with van der Waals surface area (Å²) in [4.78, 5) is 28.2. The number of alkyl carbamates (subject to hydrolysis) is 1. The van der Waals surface area contributed by atoms with E-state index in [2.05, 4.69) is 15.6 Å². The minimum absolute atomic E-state index is 0.302. The molecule has 1 aromatic heterocycles. The summed E-state index contributed by atoms with van der Waals surface area (Å²) in [5.41, 5.74) is 0.108. The normalized spacial score (nSPS) is 11.7. The maximum absolute atomic E-state index is 12.2. The monoisotopic (exact) mass is 307 g/mol. The molecule has 2 N–H and O–H groups in total. The Kier molecular flexibility index (Phi) is 5.52. The van der Waals surface area contributed by atoms with Gasteiger partial charge in [-0.15, -0.1) is 0 Å². The molecule has 0 aliphatic heterocycles. The highest BCUT2D eigenvalue weighted by Gasteiger charge is 2.31. The first kappa shape index (κ1) is 17.9. The fraction of sp³-hybridized carbons (Fsp3) is 0.562. The number of aryl methyl sites for hydroxylation is 1. The molecule has 122 valence electrons. The van der Waals surface area contributed by atoms with Crippen LogP contribution in [0.4, 0.5) is 4.79 Å². The second kappa shape index (κ2) is 6.77. The van der Waals surface area contributed by atoms with Crippen molar-refractivity contribution in [3.05, 3.63) is 29.6 Å². The lowest BCUT2D eigenvalue weighted by atomic mass is 10.0. The van der Waals surface area contributed by atoms with Crippen LogP contribution in [0.25, 0.3) is 0 Å². The third-order valence-corrected chi connectivity index (χ3v) is 2.92. The number of pyridine rings is 1. The van der Waals surface area contributed by atoms with Crippen LogP contribution in [0.5, 0.6) is 0 Å². The summed E-state index contributed by atoms with van der Waals surface area (Å²) in [5.74, 6) is -0.302. The van der Waals surface area contributed by atoms with E-state index < -0.39 is 17.2 Å². The molecule has 0 aliphatic rings. The van der Waals surface area contributed by atoms with E-state index in [1.54, 1.807) is 40.8 Å². The zero-order chi connectivity index (χ0) is 17.0. The summed E-state index contributed by atoms with van der Waals surface area (Å²) in [6, 6.07) is 3.77. The molecule has 6 heteroatoms. The van der Waals surface area contributed by atoms with E-state index in [1.807, 2.05) is 19.1 Å². The van der Waals surface area contributed by atoms with Gasteiger partial charge in [0.15, 0.2) is 0 Å². The van der Waals surface area contributed by atoms with Crippen molar-refractivity contribution in [1.82, 2.24) is 15.6 Å². The molecule has 1 heterocycles. The molecular weight excluding hydrogens is 282 g/mol. The first-order valence-electron chi connectivity index (χ1n) is 7.21. The Bertz CT molecular complexity index is 548. The number of ether oxygens (including phenoxy) is 1. The Labute approximate surface area is 131 Å². The Morgan fingerprint density at radius 1 is 1.23 bits per heavy atom. The summed E-state index contributed by atoms with van der Waals surface area (Å²) >= 11 is 0. The van der Waals surface area contributed by atoms with Crippen LogP contribution in [-0.2, 0) is 16.1 Å². The number of carbonyl (C=O) groups is 2. The summed E-state index contributed by atoms with van der Waals surface area (Å²) in [6.45, 7) is 10.8. The summed E-state index contributed by atoms with van der Waals surface area (Å²) in [7, 11) is 0. The maximum atomic E-state index is 12.2. The second-order valence-electron chi connectivity index (χ2n) is 6.70. The van der Waals surface area contributed by atoms with Crippen molar-refractivity contribution >= 4 is 12.0 Å². The standard InChI is InChI=1S/C16H25N3O3/c1-11-8-7-9-17-12(11)10-18-13(20)16(5,6)19-14(21)22-15(2,3)4/h7-9H,10H2,1-6H3,(H,18,20)(H,19,21). The highest BCUT2D eigenvalue weighted by Crippen LogP contribution is 2.10. The van der Waals surface area contributed by atoms with Gasteiger partial charge in [-0.1, -0.05) is 6.07 Å². The van der Waals surface area contributed by atoms with Crippen LogP contribution in [0.1, 0.15) is 45.9 Å². The number of carbonyl (C=O) groups excluding carboxylic acids is 2. The zero-order valence-electron chi connectivity index (χ0n) is 14.1. The van der Waals surface area contributed by atoms with Gasteiger partial charge in [-0.3, -0.25) is 9.78 Å². The quantitative estimate of drug-likeness (QED) is 0.894. The third kappa shape index (κ3) is 5.71. The predicted molar refractivity (Wildman–Crippen MR) is 84.3 cm³/mol. The van der Waals surface area contributed by atoms with Crippen LogP contribution >= 0.6 is 0 Å². The second-order valence-corrected chi connectivity index (χ2v) is 6.70. The van der Waals surface area contributed by atoms with Gasteiger partial charge in [0.1, 0.15) is 11.1 Å². The van der Waals surface area contributed by atoms with Crippen molar-refractivity contribution in [2.45, 2.75) is 59.2 Å². The molecule has 6 nitrogen and oxygen atoms in total. The van der Waals surface area contributed by atoms with Gasteiger partial charge in [0.05, 0.1) is 12.2 Å². The van der Waals surface area contributed by atoms with Gasteiger partial charge in [-0.2, -0.15) is 0 Å². The molecule has 0 bridgehead atoms. The van der Waals surface area contributed by atoms with Gasteiger partial charge >= 0.3 is 6.09 Å². The number of aromatic nitrogens is 1. The molecule has 2 amide bonds. The zero-order valence-corrected chi connectivity index (χ0v) is 14.1. The predicted octanol–water partition coefficient (Wildman–Crippen LogP) is 2.31. The fourth-order valence-electron chi connectivity index (χ4n) is 1.70. The lowest BCUT2D eigenvalue weighted by Gasteiger charge is -2.27. The highest BCUT2D eigenvalue weighted by atomic mass is 16.6. The Morgan fingerprint density at radius 2 is 1.86 bits per heavy atom. The van der Waals surface area contributed by atoms with Gasteiger partial charge in [0.2, 0.25) is 5.91 Å². The fourth-order valence-corrected chi connectivity index (χ4v) is 1.70. The van der Waals surface area contributed by atoms with E-state index in [-0.39, 0.29) is 5.91 Å². The minimum atomic E-state index is -1.08. The Hall–Kier alpha value is -2.11. The molecule has 1 aromatic rings. The third-order valence-electron chi connectivity index (χ3n) is 2.92. The number of nitrogens with zero attached hydrogens (tertiary/aromatic N) is 1. The summed E-state index contributed by atoms with van der Waals surface area (Å²) in [5, 5.41) is 5.35. The van der Waals surface area contributed by atoms with E-state index in [1.165, 1.54) is 0 Å². The van der Waals surface area contributed by atoms with Crippen molar-refractivity contribution in [2.24, 2.45) is 0 Å². The molecule has 0 spiro atoms. The van der Waals surface area contributed by atoms with E-state index in [4.69, 9.17) is 4.74 Å². The van der Waals surface area contributed by atoms with E-state index in [0.717, 1.165) is 11.3 Å². The van der Waals surface area contributed by atoms with Crippen LogP contribution in [0.15, 0.2) is 18.3 Å². The number of hydrogen-bond donors (Lipinski definition) is 2. The largest absolute Gasteiger partial charge is 0.444 e. The molecule has 0 saturated heterocycles. The lowest BCUT2D eigenvalue weighted by Crippen LogP contribution is -2.55. The molecule has 0 aromatic carbocycles. The van der Waals surface area contributed by atoms with E-state index >= 15 is 0 Å². The number of hydrogen-bond acceptors (Lipinski definition) is 4. The van der Waals surface area contributed by atoms with Crippen LogP contribution in [-0.4, -0.2) is 28.1 Å². The van der Waals surface area contributed by atoms with Crippen LogP contribution in [0, 0.1) is 6.92 Å². The molecule has 1 rings (SSSR count). The van der Waals surface area contributed by atoms with E-state index in [9.17, 15) is 9.59 Å². The smallest absolute Gasteiger partial charge is 0.408 e. The Balaban J connectivity index is 2.59. The topological polar surface area (TPSA) is 80.3 Å². The van der Waals surface area contributed by atoms with Crippen molar-refractivity contribution in [2.75, 3.05) is 0 Å². The number of rotatable bonds is 4. The first-order valence-corrected chi connectivity index (χ1v) is 7.21. The van der Waals surface area contributed by atoms with Gasteiger partial charge in [-0.05, 0) is 53.2 Å². The molecule has 22 heavy (non-hydrogen) atoms. The minimum Gasteiger partial charge on any atom is -0.444 e. The summed E-state index contributed by atoms with van der Waals surface area (Å²) < 4.78 is 5.16. The van der Waals surface area contributed by atoms with Crippen molar-refractivity contribution < 1.29 is 14.3 Å². The van der Waals surface area contributed by atoms with E-state index in [0.29, 0.717) is 6.54 Å². The highest BCUT2D eigenvalue weighted by molar-refractivity contribution is 5.89. The average Bonchev–Trinajstić information content (AvgIpc) is 2.34. The first-order chi connectivity index (χ1) is 10.0. The number of nitrogens with one attached hydrogen (secondary N) is 2. The van der Waals surface area contributed by atoms with Gasteiger partial charge in [-0.25, -0.2) is 4.79 Å². The van der Waals surface area contributed by atoms with Crippen molar-refractivity contribution in [3.8, 4) is 0 Å². The molecule has 0 radical (unpaired) electrons. The van der Waals surface area contributed by atoms with Gasteiger partial charge in [0.25, 0.3) is 0 Å². The van der Waals surface area contributed by atoms with Crippen molar-refractivity contribution in [3.63, 3.8) is 0 Å². The van der Waals surface area contributed by atoms with Crippen molar-refractivity contribution in [1.29, 1.82) is 0 Å². The molecule has 0 aliphatic carbocycles. The van der Waals surface area contributed by atoms with Crippen LogP contribution in [0.2, 0.25) is 0 Å². The van der Waals surface area contributed by atoms with Gasteiger partial charge < -0.3 is 15.4 Å². The SMILES string of the molecule is Cc1cccnc1CNC(=O)C(C)(C)NC(=O)OC(C)(C)C. The van der Waals surface area contributed by atoms with Crippen LogP contribution < -0.4 is 10.6 Å². The molecule has 0 saturated carbocycles. The van der Waals surface area contributed by atoms with Gasteiger partial charge in [0, 0.05) is 6.20 Å². The average molecular weight is 307 g/mol. The van der Waals surface area contributed by atoms with Crippen LogP contribution in [0.3, 0.4) is 0 Å². The molecule has 0 fully saturated rings. The molecular formula is C16H25N3O3. The Morgan fingerprint density at radius 3 is 2.41 bits per heavy atom. The lowest BCUT2D eigenvalue weighted by molar-refractivity contribution is -0.126. The number of amides is 2. The molecule has 0 unspecified atom stereocenters. The summed E-state index contributed by atoms with van der Waals surface area (Å²) in [6.07, 6.45) is 1.06.